The number of rotatable bonds is 4. The van der Waals surface area contributed by atoms with Crippen molar-refractivity contribution in [3.05, 3.63) is 71.3 Å². The highest BCUT2D eigenvalue weighted by Crippen LogP contribution is 2.17. The van der Waals surface area contributed by atoms with Crippen molar-refractivity contribution in [2.24, 2.45) is 0 Å². The van der Waals surface area contributed by atoms with Gasteiger partial charge in [-0.15, -0.1) is 0 Å². The number of carbonyl (C=O) groups is 2. The lowest BCUT2D eigenvalue weighted by atomic mass is 10.1. The van der Waals surface area contributed by atoms with Crippen LogP contribution in [-0.4, -0.2) is 43.1 Å². The molecule has 1 fully saturated rings. The van der Waals surface area contributed by atoms with Gasteiger partial charge in [-0.1, -0.05) is 30.3 Å². The molecule has 0 radical (unpaired) electrons. The lowest BCUT2D eigenvalue weighted by molar-refractivity contribution is -0.130. The Bertz CT molecular complexity index is 877. The van der Waals surface area contributed by atoms with Gasteiger partial charge in [0.25, 0.3) is 5.91 Å². The zero-order valence-corrected chi connectivity index (χ0v) is 14.6. The molecule has 0 bridgehead atoms. The predicted octanol–water partition coefficient (Wildman–Crippen LogP) is 2.67. The minimum absolute atomic E-state index is 0.0610. The van der Waals surface area contributed by atoms with Gasteiger partial charge in [-0.3, -0.25) is 4.79 Å². The average molecular weight is 362 g/mol. The van der Waals surface area contributed by atoms with Crippen LogP contribution >= 0.6 is 0 Å². The monoisotopic (exact) mass is 362 g/mol. The van der Waals surface area contributed by atoms with Crippen molar-refractivity contribution in [1.29, 1.82) is 5.26 Å². The molecule has 3 rings (SSSR count). The first kappa shape index (κ1) is 18.4. The van der Waals surface area contributed by atoms with Crippen molar-refractivity contribution in [2.45, 2.75) is 0 Å². The number of hydrogen-bond acceptors (Lipinski definition) is 5. The molecule has 0 spiro atoms. The van der Waals surface area contributed by atoms with Gasteiger partial charge in [0.2, 0.25) is 0 Å². The van der Waals surface area contributed by atoms with Crippen molar-refractivity contribution in [2.75, 3.05) is 26.3 Å². The molecule has 6 heteroatoms. The van der Waals surface area contributed by atoms with E-state index in [0.717, 1.165) is 0 Å². The molecule has 1 aliphatic rings. The molecule has 6 nitrogen and oxygen atoms in total. The van der Waals surface area contributed by atoms with Crippen LogP contribution in [0.1, 0.15) is 15.9 Å². The van der Waals surface area contributed by atoms with E-state index in [1.807, 2.05) is 12.1 Å². The Kier molecular flexibility index (Phi) is 5.98. The number of esters is 1. The zero-order valence-electron chi connectivity index (χ0n) is 14.6. The minimum atomic E-state index is -0.445. The quantitative estimate of drug-likeness (QED) is 0.362. The summed E-state index contributed by atoms with van der Waals surface area (Å²) in [5.74, 6) is -0.363. The van der Waals surface area contributed by atoms with Crippen LogP contribution in [0.25, 0.3) is 6.08 Å². The maximum absolute atomic E-state index is 12.4. The molecule has 0 aliphatic carbocycles. The Morgan fingerprint density at radius 1 is 1.04 bits per heavy atom. The van der Waals surface area contributed by atoms with E-state index < -0.39 is 5.97 Å². The summed E-state index contributed by atoms with van der Waals surface area (Å²) in [5.41, 5.74) is 1.20. The van der Waals surface area contributed by atoms with Crippen molar-refractivity contribution in [3.63, 3.8) is 0 Å². The molecule has 1 saturated heterocycles. The Labute approximate surface area is 157 Å². The third kappa shape index (κ3) is 4.81. The van der Waals surface area contributed by atoms with E-state index >= 15 is 0 Å². The van der Waals surface area contributed by atoms with E-state index in [1.54, 1.807) is 53.4 Å². The predicted molar refractivity (Wildman–Crippen MR) is 98.8 cm³/mol. The normalized spacial score (nSPS) is 14.3. The summed E-state index contributed by atoms with van der Waals surface area (Å²) in [7, 11) is 0. The summed E-state index contributed by atoms with van der Waals surface area (Å²) < 4.78 is 10.5. The van der Waals surface area contributed by atoms with Crippen LogP contribution in [0.2, 0.25) is 0 Å². The largest absolute Gasteiger partial charge is 0.423 e. The number of amides is 1. The van der Waals surface area contributed by atoms with E-state index in [-0.39, 0.29) is 11.5 Å². The number of ether oxygens (including phenoxy) is 2. The minimum Gasteiger partial charge on any atom is -0.423 e. The van der Waals surface area contributed by atoms with Gasteiger partial charge in [-0.25, -0.2) is 4.79 Å². The van der Waals surface area contributed by atoms with Gasteiger partial charge in [0.1, 0.15) is 17.4 Å². The van der Waals surface area contributed by atoms with Crippen molar-refractivity contribution in [3.8, 4) is 11.8 Å². The summed E-state index contributed by atoms with van der Waals surface area (Å²) in [5, 5.41) is 9.32. The number of hydrogen-bond donors (Lipinski definition) is 0. The standard InChI is InChI=1S/C21H18N2O4/c22-15-18(20(24)23-10-12-26-13-11-23)14-16-6-8-19(9-7-16)27-21(25)17-4-2-1-3-5-17/h1-9,14H,10-13H2/b18-14+. The van der Waals surface area contributed by atoms with Gasteiger partial charge in [0.15, 0.2) is 0 Å². The maximum atomic E-state index is 12.4. The molecule has 27 heavy (non-hydrogen) atoms. The molecule has 136 valence electrons. The molecule has 1 amide bonds. The Morgan fingerprint density at radius 3 is 2.33 bits per heavy atom. The molecular formula is C21H18N2O4. The number of benzene rings is 2. The van der Waals surface area contributed by atoms with Crippen molar-refractivity contribution >= 4 is 18.0 Å². The number of nitriles is 1. The molecule has 2 aromatic carbocycles. The number of morpholine rings is 1. The molecule has 0 unspecified atom stereocenters. The Balaban J connectivity index is 1.68. The van der Waals surface area contributed by atoms with Gasteiger partial charge in [-0.05, 0) is 35.9 Å². The number of carbonyl (C=O) groups excluding carboxylic acids is 2. The first-order valence-corrected chi connectivity index (χ1v) is 8.53. The van der Waals surface area contributed by atoms with E-state index in [0.29, 0.717) is 43.2 Å². The fourth-order valence-electron chi connectivity index (χ4n) is 2.62. The second-order valence-corrected chi connectivity index (χ2v) is 5.90. The fraction of sp³-hybridized carbons (Fsp3) is 0.190. The van der Waals surface area contributed by atoms with Gasteiger partial charge in [0.05, 0.1) is 18.8 Å². The first-order valence-electron chi connectivity index (χ1n) is 8.53. The highest BCUT2D eigenvalue weighted by molar-refractivity contribution is 6.01. The molecule has 0 N–H and O–H groups in total. The lowest BCUT2D eigenvalue weighted by Gasteiger charge is -2.26. The topological polar surface area (TPSA) is 79.6 Å². The Hall–Kier alpha value is -3.43. The Morgan fingerprint density at radius 2 is 1.70 bits per heavy atom. The van der Waals surface area contributed by atoms with E-state index in [9.17, 15) is 14.9 Å². The highest BCUT2D eigenvalue weighted by Gasteiger charge is 2.20. The summed E-state index contributed by atoms with van der Waals surface area (Å²) in [6.45, 7) is 1.91. The fourth-order valence-corrected chi connectivity index (χ4v) is 2.62. The summed E-state index contributed by atoms with van der Waals surface area (Å²) in [6.07, 6.45) is 1.53. The van der Waals surface area contributed by atoms with Crippen LogP contribution in [0.3, 0.4) is 0 Å². The molecule has 0 saturated carbocycles. The first-order chi connectivity index (χ1) is 13.2. The summed E-state index contributed by atoms with van der Waals surface area (Å²) >= 11 is 0. The van der Waals surface area contributed by atoms with Crippen molar-refractivity contribution < 1.29 is 19.1 Å². The third-order valence-electron chi connectivity index (χ3n) is 4.06. The van der Waals surface area contributed by atoms with Crippen LogP contribution in [-0.2, 0) is 9.53 Å². The lowest BCUT2D eigenvalue weighted by Crippen LogP contribution is -2.41. The second-order valence-electron chi connectivity index (χ2n) is 5.90. The number of nitrogens with zero attached hydrogens (tertiary/aromatic N) is 2. The summed E-state index contributed by atoms with van der Waals surface area (Å²) in [4.78, 5) is 26.1. The van der Waals surface area contributed by atoms with E-state index in [4.69, 9.17) is 9.47 Å². The molecule has 2 aromatic rings. The molecule has 0 aromatic heterocycles. The smallest absolute Gasteiger partial charge is 0.343 e. The average Bonchev–Trinajstić information content (AvgIpc) is 2.74. The van der Waals surface area contributed by atoms with Gasteiger partial charge in [0, 0.05) is 13.1 Å². The van der Waals surface area contributed by atoms with E-state index in [1.165, 1.54) is 6.08 Å². The van der Waals surface area contributed by atoms with Gasteiger partial charge >= 0.3 is 5.97 Å². The maximum Gasteiger partial charge on any atom is 0.343 e. The van der Waals surface area contributed by atoms with Crippen molar-refractivity contribution in [1.82, 2.24) is 4.90 Å². The summed E-state index contributed by atoms with van der Waals surface area (Å²) in [6, 6.07) is 17.3. The van der Waals surface area contributed by atoms with Crippen LogP contribution < -0.4 is 4.74 Å². The van der Waals surface area contributed by atoms with Gasteiger partial charge in [-0.2, -0.15) is 5.26 Å². The van der Waals surface area contributed by atoms with E-state index in [2.05, 4.69) is 0 Å². The van der Waals surface area contributed by atoms with Crippen LogP contribution in [0.5, 0.6) is 5.75 Å². The highest BCUT2D eigenvalue weighted by atomic mass is 16.5. The molecule has 0 atom stereocenters. The molecule has 1 aliphatic heterocycles. The molecular weight excluding hydrogens is 344 g/mol. The van der Waals surface area contributed by atoms with Crippen LogP contribution in [0.4, 0.5) is 0 Å². The SMILES string of the molecule is N#C/C(=C\c1ccc(OC(=O)c2ccccc2)cc1)C(=O)N1CCOCC1. The zero-order chi connectivity index (χ0) is 19.1. The van der Waals surface area contributed by atoms with Gasteiger partial charge < -0.3 is 14.4 Å². The van der Waals surface area contributed by atoms with Crippen LogP contribution in [0.15, 0.2) is 60.2 Å². The molecule has 1 heterocycles. The third-order valence-corrected chi connectivity index (χ3v) is 4.06. The van der Waals surface area contributed by atoms with Crippen LogP contribution in [0, 0.1) is 11.3 Å². The second kappa shape index (κ2) is 8.79.